The molecule has 1 aromatic rings. The van der Waals surface area contributed by atoms with E-state index in [9.17, 15) is 13.2 Å². The topological polar surface area (TPSA) is 38.9 Å². The zero-order valence-corrected chi connectivity index (χ0v) is 7.67. The summed E-state index contributed by atoms with van der Waals surface area (Å²) >= 11 is 0. The van der Waals surface area contributed by atoms with Crippen LogP contribution in [0.25, 0.3) is 0 Å². The first kappa shape index (κ1) is 11.0. The van der Waals surface area contributed by atoms with Crippen LogP contribution >= 0.6 is 0 Å². The van der Waals surface area contributed by atoms with Gasteiger partial charge in [0.25, 0.3) is 0 Å². The zero-order valence-electron chi connectivity index (χ0n) is 7.67. The van der Waals surface area contributed by atoms with Crippen LogP contribution in [-0.4, -0.2) is 4.98 Å². The van der Waals surface area contributed by atoms with Crippen LogP contribution in [0.2, 0.25) is 0 Å². The minimum atomic E-state index is -4.38. The maximum Gasteiger partial charge on any atom is 0.418 e. The molecule has 1 atom stereocenters. The van der Waals surface area contributed by atoms with Crippen LogP contribution in [0.1, 0.15) is 30.6 Å². The SMILES string of the molecule is CC[C@H](N)c1ncccc1C(F)(F)F. The van der Waals surface area contributed by atoms with E-state index in [-0.39, 0.29) is 5.69 Å². The number of nitrogens with zero attached hydrogens (tertiary/aromatic N) is 1. The molecule has 1 aromatic heterocycles. The summed E-state index contributed by atoms with van der Waals surface area (Å²) in [5.41, 5.74) is 4.71. The van der Waals surface area contributed by atoms with E-state index < -0.39 is 17.8 Å². The van der Waals surface area contributed by atoms with E-state index in [1.807, 2.05) is 0 Å². The van der Waals surface area contributed by atoms with Crippen LogP contribution < -0.4 is 5.73 Å². The number of rotatable bonds is 2. The van der Waals surface area contributed by atoms with Crippen LogP contribution in [0, 0.1) is 0 Å². The van der Waals surface area contributed by atoms with Crippen LogP contribution in [0.4, 0.5) is 13.2 Å². The molecule has 0 aliphatic heterocycles. The molecular weight excluding hydrogens is 193 g/mol. The lowest BCUT2D eigenvalue weighted by Gasteiger charge is -2.15. The highest BCUT2D eigenvalue weighted by molar-refractivity contribution is 5.25. The van der Waals surface area contributed by atoms with E-state index in [1.54, 1.807) is 6.92 Å². The van der Waals surface area contributed by atoms with E-state index >= 15 is 0 Å². The van der Waals surface area contributed by atoms with Gasteiger partial charge in [-0.15, -0.1) is 0 Å². The molecule has 0 aliphatic rings. The van der Waals surface area contributed by atoms with E-state index in [4.69, 9.17) is 5.73 Å². The van der Waals surface area contributed by atoms with Gasteiger partial charge in [-0.05, 0) is 18.6 Å². The summed E-state index contributed by atoms with van der Waals surface area (Å²) in [5, 5.41) is 0. The van der Waals surface area contributed by atoms with Gasteiger partial charge in [0.05, 0.1) is 11.3 Å². The number of hydrogen-bond acceptors (Lipinski definition) is 2. The van der Waals surface area contributed by atoms with Gasteiger partial charge in [0, 0.05) is 12.2 Å². The average Bonchev–Trinajstić information content (AvgIpc) is 2.15. The molecule has 78 valence electrons. The van der Waals surface area contributed by atoms with Crippen molar-refractivity contribution in [3.05, 3.63) is 29.6 Å². The molecule has 0 saturated carbocycles. The predicted molar refractivity (Wildman–Crippen MR) is 46.5 cm³/mol. The van der Waals surface area contributed by atoms with Gasteiger partial charge in [-0.25, -0.2) is 0 Å². The van der Waals surface area contributed by atoms with Crippen LogP contribution in [0.15, 0.2) is 18.3 Å². The maximum absolute atomic E-state index is 12.4. The smallest absolute Gasteiger partial charge is 0.323 e. The van der Waals surface area contributed by atoms with Crippen molar-refractivity contribution in [3.63, 3.8) is 0 Å². The number of nitrogens with two attached hydrogens (primary N) is 1. The molecule has 0 amide bonds. The number of hydrogen-bond donors (Lipinski definition) is 1. The van der Waals surface area contributed by atoms with Crippen LogP contribution in [-0.2, 0) is 6.18 Å². The highest BCUT2D eigenvalue weighted by Gasteiger charge is 2.34. The second-order valence-corrected chi connectivity index (χ2v) is 2.95. The van der Waals surface area contributed by atoms with Crippen LogP contribution in [0.3, 0.4) is 0 Å². The van der Waals surface area contributed by atoms with Gasteiger partial charge < -0.3 is 5.73 Å². The van der Waals surface area contributed by atoms with Crippen molar-refractivity contribution in [1.29, 1.82) is 0 Å². The van der Waals surface area contributed by atoms with Gasteiger partial charge in [0.2, 0.25) is 0 Å². The summed E-state index contributed by atoms with van der Waals surface area (Å²) in [6.45, 7) is 1.72. The lowest BCUT2D eigenvalue weighted by Crippen LogP contribution is -2.18. The Balaban J connectivity index is 3.16. The lowest BCUT2D eigenvalue weighted by molar-refractivity contribution is -0.138. The molecule has 0 fully saturated rings. The van der Waals surface area contributed by atoms with Crippen molar-refractivity contribution < 1.29 is 13.2 Å². The molecule has 0 radical (unpaired) electrons. The number of pyridine rings is 1. The normalized spacial score (nSPS) is 14.1. The quantitative estimate of drug-likeness (QED) is 0.803. The van der Waals surface area contributed by atoms with Gasteiger partial charge >= 0.3 is 6.18 Å². The van der Waals surface area contributed by atoms with Gasteiger partial charge in [-0.2, -0.15) is 13.2 Å². The monoisotopic (exact) mass is 204 g/mol. The summed E-state index contributed by atoms with van der Waals surface area (Å²) in [5.74, 6) is 0. The van der Waals surface area contributed by atoms with Crippen molar-refractivity contribution >= 4 is 0 Å². The van der Waals surface area contributed by atoms with Crippen molar-refractivity contribution in [2.24, 2.45) is 5.73 Å². The molecule has 0 aromatic carbocycles. The van der Waals surface area contributed by atoms with E-state index in [1.165, 1.54) is 12.3 Å². The second kappa shape index (κ2) is 3.96. The summed E-state index contributed by atoms with van der Waals surface area (Å²) < 4.78 is 37.3. The molecule has 14 heavy (non-hydrogen) atoms. The van der Waals surface area contributed by atoms with Crippen molar-refractivity contribution in [2.45, 2.75) is 25.6 Å². The Labute approximate surface area is 79.9 Å². The standard InChI is InChI=1S/C9H11F3N2/c1-2-7(13)8-6(9(10,11)12)4-3-5-14-8/h3-5,7H,2,13H2,1H3/t7-/m0/s1. The van der Waals surface area contributed by atoms with Crippen molar-refractivity contribution in [3.8, 4) is 0 Å². The first-order valence-corrected chi connectivity index (χ1v) is 4.24. The Bertz CT molecular complexity index is 309. The largest absolute Gasteiger partial charge is 0.418 e. The van der Waals surface area contributed by atoms with E-state index in [0.717, 1.165) is 6.07 Å². The van der Waals surface area contributed by atoms with E-state index in [2.05, 4.69) is 4.98 Å². The predicted octanol–water partition coefficient (Wildman–Crippen LogP) is 2.51. The Morgan fingerprint density at radius 3 is 2.64 bits per heavy atom. The fourth-order valence-corrected chi connectivity index (χ4v) is 1.15. The van der Waals surface area contributed by atoms with Gasteiger partial charge in [0.15, 0.2) is 0 Å². The lowest BCUT2D eigenvalue weighted by atomic mass is 10.1. The molecule has 0 bridgehead atoms. The van der Waals surface area contributed by atoms with Crippen LogP contribution in [0.5, 0.6) is 0 Å². The minimum absolute atomic E-state index is 0.0810. The van der Waals surface area contributed by atoms with Gasteiger partial charge in [-0.1, -0.05) is 6.92 Å². The molecule has 1 rings (SSSR count). The Hall–Kier alpha value is -1.10. The van der Waals surface area contributed by atoms with Crippen molar-refractivity contribution in [2.75, 3.05) is 0 Å². The number of halogens is 3. The summed E-state index contributed by atoms with van der Waals surface area (Å²) in [4.78, 5) is 3.67. The first-order valence-electron chi connectivity index (χ1n) is 4.24. The molecule has 5 heteroatoms. The molecule has 0 saturated heterocycles. The molecule has 0 unspecified atom stereocenters. The van der Waals surface area contributed by atoms with E-state index in [0.29, 0.717) is 6.42 Å². The number of aromatic nitrogens is 1. The summed E-state index contributed by atoms with van der Waals surface area (Å²) in [7, 11) is 0. The highest BCUT2D eigenvalue weighted by Crippen LogP contribution is 2.33. The third kappa shape index (κ3) is 2.23. The fraction of sp³-hybridized carbons (Fsp3) is 0.444. The Morgan fingerprint density at radius 2 is 2.14 bits per heavy atom. The van der Waals surface area contributed by atoms with Crippen molar-refractivity contribution in [1.82, 2.24) is 4.98 Å². The molecule has 1 heterocycles. The minimum Gasteiger partial charge on any atom is -0.323 e. The third-order valence-electron chi connectivity index (χ3n) is 1.93. The highest BCUT2D eigenvalue weighted by atomic mass is 19.4. The number of alkyl halides is 3. The van der Waals surface area contributed by atoms with Gasteiger partial charge in [0.1, 0.15) is 0 Å². The van der Waals surface area contributed by atoms with Gasteiger partial charge in [-0.3, -0.25) is 4.98 Å². The maximum atomic E-state index is 12.4. The second-order valence-electron chi connectivity index (χ2n) is 2.95. The molecule has 2 nitrogen and oxygen atoms in total. The zero-order chi connectivity index (χ0) is 10.8. The molecule has 0 spiro atoms. The Kier molecular flexibility index (Phi) is 3.10. The summed E-state index contributed by atoms with van der Waals surface area (Å²) in [6.07, 6.45) is -2.63. The molecule has 2 N–H and O–H groups in total. The average molecular weight is 204 g/mol. The summed E-state index contributed by atoms with van der Waals surface area (Å²) in [6, 6.07) is 1.60. The molecule has 0 aliphatic carbocycles. The Morgan fingerprint density at radius 1 is 1.50 bits per heavy atom. The fourth-order valence-electron chi connectivity index (χ4n) is 1.15. The molecular formula is C9H11F3N2. The first-order chi connectivity index (χ1) is 6.46. The third-order valence-corrected chi connectivity index (χ3v) is 1.93.